The van der Waals surface area contributed by atoms with Crippen LogP contribution >= 0.6 is 23.2 Å². The SMILES string of the molecule is CCC(=O)N(c1ccc(Cl)c(Cl)c1)C(C)N(C)C. The van der Waals surface area contributed by atoms with E-state index in [1.54, 1.807) is 17.0 Å². The van der Waals surface area contributed by atoms with Crippen molar-refractivity contribution in [2.45, 2.75) is 26.4 Å². The van der Waals surface area contributed by atoms with E-state index < -0.39 is 0 Å². The van der Waals surface area contributed by atoms with Gasteiger partial charge in [0.1, 0.15) is 0 Å². The highest BCUT2D eigenvalue weighted by Gasteiger charge is 2.22. The average Bonchev–Trinajstić information content (AvgIpc) is 2.33. The molecule has 0 heterocycles. The lowest BCUT2D eigenvalue weighted by Crippen LogP contribution is -2.46. The van der Waals surface area contributed by atoms with Crippen molar-refractivity contribution in [1.29, 1.82) is 0 Å². The highest BCUT2D eigenvalue weighted by atomic mass is 35.5. The minimum atomic E-state index is -0.0466. The van der Waals surface area contributed by atoms with Gasteiger partial charge in [-0.3, -0.25) is 14.6 Å². The molecule has 100 valence electrons. The van der Waals surface area contributed by atoms with Crippen molar-refractivity contribution < 1.29 is 4.79 Å². The third-order valence-electron chi connectivity index (χ3n) is 2.87. The summed E-state index contributed by atoms with van der Waals surface area (Å²) in [6.45, 7) is 3.81. The fourth-order valence-corrected chi connectivity index (χ4v) is 1.90. The van der Waals surface area contributed by atoms with Gasteiger partial charge in [-0.15, -0.1) is 0 Å². The number of benzene rings is 1. The Bertz CT molecular complexity index is 435. The van der Waals surface area contributed by atoms with E-state index in [0.717, 1.165) is 5.69 Å². The molecule has 18 heavy (non-hydrogen) atoms. The van der Waals surface area contributed by atoms with E-state index in [1.165, 1.54) is 0 Å². The molecule has 1 amide bonds. The Balaban J connectivity index is 3.17. The number of carbonyl (C=O) groups is 1. The normalized spacial score (nSPS) is 12.6. The first kappa shape index (κ1) is 15.3. The maximum atomic E-state index is 12.1. The van der Waals surface area contributed by atoms with Crippen LogP contribution in [0.5, 0.6) is 0 Å². The summed E-state index contributed by atoms with van der Waals surface area (Å²) in [5, 5.41) is 0.941. The standard InChI is InChI=1S/C13H18Cl2N2O/c1-5-13(18)17(9(2)16(3)4)10-6-7-11(14)12(15)8-10/h6-9H,5H2,1-4H3. The predicted octanol–water partition coefficient (Wildman–Crippen LogP) is 3.64. The van der Waals surface area contributed by atoms with Crippen LogP contribution in [0.4, 0.5) is 5.69 Å². The quantitative estimate of drug-likeness (QED) is 0.790. The molecule has 0 fully saturated rings. The third kappa shape index (κ3) is 3.37. The lowest BCUT2D eigenvalue weighted by atomic mass is 10.2. The molecule has 1 unspecified atom stereocenters. The van der Waals surface area contributed by atoms with E-state index in [9.17, 15) is 4.79 Å². The van der Waals surface area contributed by atoms with Gasteiger partial charge >= 0.3 is 0 Å². The van der Waals surface area contributed by atoms with Crippen molar-refractivity contribution in [3.63, 3.8) is 0 Å². The van der Waals surface area contributed by atoms with Gasteiger partial charge in [-0.05, 0) is 39.2 Å². The second-order valence-electron chi connectivity index (χ2n) is 4.31. The molecule has 1 rings (SSSR count). The molecule has 0 aromatic heterocycles. The van der Waals surface area contributed by atoms with Crippen LogP contribution in [-0.4, -0.2) is 31.1 Å². The van der Waals surface area contributed by atoms with Gasteiger partial charge in [0.2, 0.25) is 5.91 Å². The van der Waals surface area contributed by atoms with E-state index in [0.29, 0.717) is 16.5 Å². The maximum absolute atomic E-state index is 12.1. The molecule has 0 N–H and O–H groups in total. The van der Waals surface area contributed by atoms with Crippen LogP contribution in [0.3, 0.4) is 0 Å². The number of carbonyl (C=O) groups excluding carboxylic acids is 1. The van der Waals surface area contributed by atoms with Gasteiger partial charge in [-0.2, -0.15) is 0 Å². The summed E-state index contributed by atoms with van der Waals surface area (Å²) < 4.78 is 0. The summed E-state index contributed by atoms with van der Waals surface area (Å²) in [4.78, 5) is 15.8. The molecule has 0 saturated carbocycles. The van der Waals surface area contributed by atoms with Crippen LogP contribution in [-0.2, 0) is 4.79 Å². The van der Waals surface area contributed by atoms with Crippen molar-refractivity contribution >= 4 is 34.8 Å². The average molecular weight is 289 g/mol. The van der Waals surface area contributed by atoms with Crippen molar-refractivity contribution in [2.24, 2.45) is 0 Å². The molecular formula is C13H18Cl2N2O. The minimum Gasteiger partial charge on any atom is -0.296 e. The first-order valence-corrected chi connectivity index (χ1v) is 6.57. The second-order valence-corrected chi connectivity index (χ2v) is 5.13. The van der Waals surface area contributed by atoms with Crippen molar-refractivity contribution in [3.8, 4) is 0 Å². The Morgan fingerprint density at radius 3 is 2.33 bits per heavy atom. The zero-order valence-corrected chi connectivity index (χ0v) is 12.6. The van der Waals surface area contributed by atoms with E-state index in [-0.39, 0.29) is 12.1 Å². The van der Waals surface area contributed by atoms with Crippen LogP contribution < -0.4 is 4.90 Å². The minimum absolute atomic E-state index is 0.0466. The summed E-state index contributed by atoms with van der Waals surface area (Å²) in [6, 6.07) is 5.23. The van der Waals surface area contributed by atoms with Crippen LogP contribution in [0, 0.1) is 0 Å². The summed E-state index contributed by atoms with van der Waals surface area (Å²) in [7, 11) is 3.86. The van der Waals surface area contributed by atoms with Gasteiger partial charge in [0, 0.05) is 12.1 Å². The molecule has 1 atom stereocenters. The Hall–Kier alpha value is -0.770. The molecule has 5 heteroatoms. The fourth-order valence-electron chi connectivity index (χ4n) is 1.60. The largest absolute Gasteiger partial charge is 0.296 e. The number of hydrogen-bond donors (Lipinski definition) is 0. The monoisotopic (exact) mass is 288 g/mol. The summed E-state index contributed by atoms with van der Waals surface area (Å²) >= 11 is 11.9. The summed E-state index contributed by atoms with van der Waals surface area (Å²) in [5.41, 5.74) is 0.762. The lowest BCUT2D eigenvalue weighted by molar-refractivity contribution is -0.119. The van der Waals surface area contributed by atoms with E-state index in [1.807, 2.05) is 38.9 Å². The van der Waals surface area contributed by atoms with Crippen LogP contribution in [0.2, 0.25) is 10.0 Å². The first-order chi connectivity index (χ1) is 8.38. The van der Waals surface area contributed by atoms with E-state index in [2.05, 4.69) is 0 Å². The Morgan fingerprint density at radius 1 is 1.28 bits per heavy atom. The zero-order chi connectivity index (χ0) is 13.9. The number of hydrogen-bond acceptors (Lipinski definition) is 2. The number of anilines is 1. The molecule has 3 nitrogen and oxygen atoms in total. The highest BCUT2D eigenvalue weighted by molar-refractivity contribution is 6.42. The van der Waals surface area contributed by atoms with Gasteiger partial charge < -0.3 is 0 Å². The highest BCUT2D eigenvalue weighted by Crippen LogP contribution is 2.28. The molecular weight excluding hydrogens is 271 g/mol. The van der Waals surface area contributed by atoms with Crippen LogP contribution in [0.1, 0.15) is 20.3 Å². The molecule has 0 spiro atoms. The molecule has 0 saturated heterocycles. The fraction of sp³-hybridized carbons (Fsp3) is 0.462. The summed E-state index contributed by atoms with van der Waals surface area (Å²) in [5.74, 6) is 0.0505. The molecule has 1 aromatic carbocycles. The molecule has 0 aliphatic heterocycles. The molecule has 0 bridgehead atoms. The lowest BCUT2D eigenvalue weighted by Gasteiger charge is -2.33. The topological polar surface area (TPSA) is 23.6 Å². The third-order valence-corrected chi connectivity index (χ3v) is 3.61. The number of amides is 1. The van der Waals surface area contributed by atoms with Gasteiger partial charge in [0.25, 0.3) is 0 Å². The number of nitrogens with zero attached hydrogens (tertiary/aromatic N) is 2. The zero-order valence-electron chi connectivity index (χ0n) is 11.1. The van der Waals surface area contributed by atoms with Gasteiger partial charge in [-0.1, -0.05) is 30.1 Å². The van der Waals surface area contributed by atoms with Crippen LogP contribution in [0.25, 0.3) is 0 Å². The van der Waals surface area contributed by atoms with Crippen molar-refractivity contribution in [2.75, 3.05) is 19.0 Å². The van der Waals surface area contributed by atoms with Crippen molar-refractivity contribution in [3.05, 3.63) is 28.2 Å². The molecule has 0 aliphatic carbocycles. The van der Waals surface area contributed by atoms with Gasteiger partial charge in [0.15, 0.2) is 0 Å². The number of rotatable bonds is 4. The summed E-state index contributed by atoms with van der Waals surface area (Å²) in [6.07, 6.45) is 0.396. The maximum Gasteiger partial charge on any atom is 0.228 e. The predicted molar refractivity (Wildman–Crippen MR) is 77.4 cm³/mol. The first-order valence-electron chi connectivity index (χ1n) is 5.82. The molecule has 0 aliphatic rings. The van der Waals surface area contributed by atoms with E-state index in [4.69, 9.17) is 23.2 Å². The number of halogens is 2. The second kappa shape index (κ2) is 6.41. The smallest absolute Gasteiger partial charge is 0.228 e. The Kier molecular flexibility index (Phi) is 5.45. The molecule has 1 aromatic rings. The molecule has 0 radical (unpaired) electrons. The van der Waals surface area contributed by atoms with Crippen molar-refractivity contribution in [1.82, 2.24) is 4.90 Å². The van der Waals surface area contributed by atoms with Gasteiger partial charge in [0.05, 0.1) is 16.2 Å². The van der Waals surface area contributed by atoms with E-state index >= 15 is 0 Å². The van der Waals surface area contributed by atoms with Gasteiger partial charge in [-0.25, -0.2) is 0 Å². The Morgan fingerprint density at radius 2 is 1.89 bits per heavy atom. The van der Waals surface area contributed by atoms with Crippen LogP contribution in [0.15, 0.2) is 18.2 Å². The Labute approximate surface area is 118 Å².